The Morgan fingerprint density at radius 1 is 0.917 bits per heavy atom. The Kier molecular flexibility index (Phi) is 3.59. The fraction of sp³-hybridized carbons (Fsp3) is 0. The third kappa shape index (κ3) is 2.57. The van der Waals surface area contributed by atoms with Crippen LogP contribution in [-0.2, 0) is 0 Å². The number of benzene rings is 2. The summed E-state index contributed by atoms with van der Waals surface area (Å²) in [5.74, 6) is -0.940. The first-order valence-corrected chi connectivity index (χ1v) is 8.38. The molecule has 0 aliphatic rings. The quantitative estimate of drug-likeness (QED) is 0.552. The summed E-state index contributed by atoms with van der Waals surface area (Å²) in [4.78, 5) is 17.4. The van der Waals surface area contributed by atoms with Crippen LogP contribution in [0.5, 0.6) is 0 Å². The van der Waals surface area contributed by atoms with Gasteiger partial charge in [0.25, 0.3) is 0 Å². The molecule has 0 fully saturated rings. The lowest BCUT2D eigenvalue weighted by Gasteiger charge is -2.07. The Morgan fingerprint density at radius 3 is 2.38 bits per heavy atom. The van der Waals surface area contributed by atoms with Crippen molar-refractivity contribution in [2.75, 3.05) is 0 Å². The fourth-order valence-corrected chi connectivity index (χ4v) is 3.48. The summed E-state index contributed by atoms with van der Waals surface area (Å²) >= 11 is 1.69. The molecule has 24 heavy (non-hydrogen) atoms. The third-order valence-corrected chi connectivity index (χ3v) is 4.85. The van der Waals surface area contributed by atoms with E-state index in [-0.39, 0.29) is 5.56 Å². The number of thiophene rings is 1. The van der Waals surface area contributed by atoms with Gasteiger partial charge in [0.2, 0.25) is 0 Å². The average Bonchev–Trinajstić information content (AvgIpc) is 3.15. The van der Waals surface area contributed by atoms with E-state index in [1.807, 2.05) is 53.9 Å². The van der Waals surface area contributed by atoms with Crippen LogP contribution in [0.2, 0.25) is 0 Å². The Labute approximate surface area is 142 Å². The second-order valence-corrected chi connectivity index (χ2v) is 6.38. The number of carbonyl (C=O) groups is 1. The zero-order valence-corrected chi connectivity index (χ0v) is 13.5. The van der Waals surface area contributed by atoms with E-state index < -0.39 is 5.97 Å². The molecule has 0 saturated carbocycles. The van der Waals surface area contributed by atoms with E-state index in [1.165, 1.54) is 4.88 Å². The maximum atomic E-state index is 11.6. The average molecular weight is 331 g/mol. The molecule has 0 unspecified atom stereocenters. The number of pyridine rings is 1. The van der Waals surface area contributed by atoms with Crippen LogP contribution in [-0.4, -0.2) is 16.1 Å². The number of rotatable bonds is 3. The zero-order chi connectivity index (χ0) is 16.5. The van der Waals surface area contributed by atoms with Crippen LogP contribution in [0.3, 0.4) is 0 Å². The summed E-state index contributed by atoms with van der Waals surface area (Å²) in [6, 6.07) is 21.1. The van der Waals surface area contributed by atoms with Crippen molar-refractivity contribution < 1.29 is 9.90 Å². The minimum atomic E-state index is -0.940. The number of carboxylic acids is 1. The number of nitrogens with zero attached hydrogens (tertiary/aromatic N) is 1. The van der Waals surface area contributed by atoms with Crippen molar-refractivity contribution in [3.8, 4) is 21.7 Å². The molecule has 0 amide bonds. The summed E-state index contributed by atoms with van der Waals surface area (Å²) in [6.45, 7) is 0. The molecule has 2 aromatic carbocycles. The molecule has 4 rings (SSSR count). The highest BCUT2D eigenvalue weighted by molar-refractivity contribution is 7.13. The first-order chi connectivity index (χ1) is 11.7. The fourth-order valence-electron chi connectivity index (χ4n) is 2.75. The SMILES string of the molecule is O=C(O)c1cc(-c2ccc(-c3cccs3)cc2)nc2ccccc12. The summed E-state index contributed by atoms with van der Waals surface area (Å²) in [6.07, 6.45) is 0. The molecule has 0 bridgehead atoms. The van der Waals surface area contributed by atoms with Gasteiger partial charge in [0.1, 0.15) is 0 Å². The van der Waals surface area contributed by atoms with E-state index in [1.54, 1.807) is 23.5 Å². The number of aromatic nitrogens is 1. The van der Waals surface area contributed by atoms with Crippen LogP contribution in [0.4, 0.5) is 0 Å². The van der Waals surface area contributed by atoms with Gasteiger partial charge in [-0.25, -0.2) is 9.78 Å². The monoisotopic (exact) mass is 331 g/mol. The van der Waals surface area contributed by atoms with Crippen molar-refractivity contribution in [1.82, 2.24) is 4.98 Å². The van der Waals surface area contributed by atoms with Crippen molar-refractivity contribution >= 4 is 28.2 Å². The highest BCUT2D eigenvalue weighted by Gasteiger charge is 2.12. The molecule has 4 aromatic rings. The minimum Gasteiger partial charge on any atom is -0.478 e. The van der Waals surface area contributed by atoms with E-state index in [9.17, 15) is 9.90 Å². The number of hydrogen-bond acceptors (Lipinski definition) is 3. The Bertz CT molecular complexity index is 1020. The van der Waals surface area contributed by atoms with E-state index in [0.29, 0.717) is 16.6 Å². The normalized spacial score (nSPS) is 10.8. The van der Waals surface area contributed by atoms with Crippen LogP contribution in [0, 0.1) is 0 Å². The number of hydrogen-bond donors (Lipinski definition) is 1. The maximum absolute atomic E-state index is 11.6. The summed E-state index contributed by atoms with van der Waals surface area (Å²) < 4.78 is 0. The van der Waals surface area contributed by atoms with E-state index in [2.05, 4.69) is 11.1 Å². The molecule has 0 aliphatic carbocycles. The number of carboxylic acid groups (broad SMARTS) is 1. The Balaban J connectivity index is 1.83. The van der Waals surface area contributed by atoms with E-state index in [4.69, 9.17) is 0 Å². The molecule has 0 atom stereocenters. The van der Waals surface area contributed by atoms with Crippen molar-refractivity contribution in [2.24, 2.45) is 0 Å². The van der Waals surface area contributed by atoms with Gasteiger partial charge in [-0.15, -0.1) is 11.3 Å². The van der Waals surface area contributed by atoms with Crippen LogP contribution in [0.15, 0.2) is 72.1 Å². The molecule has 1 N–H and O–H groups in total. The standard InChI is InChI=1S/C20H13NO2S/c22-20(23)16-12-18(21-17-5-2-1-4-15(16)17)13-7-9-14(10-8-13)19-6-3-11-24-19/h1-12H,(H,22,23). The Morgan fingerprint density at radius 2 is 1.67 bits per heavy atom. The van der Waals surface area contributed by atoms with Crippen molar-refractivity contribution in [1.29, 1.82) is 0 Å². The molecule has 0 aliphatic heterocycles. The first kappa shape index (κ1) is 14.6. The van der Waals surface area contributed by atoms with Crippen molar-refractivity contribution in [3.05, 3.63) is 77.7 Å². The summed E-state index contributed by atoms with van der Waals surface area (Å²) in [7, 11) is 0. The molecule has 0 saturated heterocycles. The van der Waals surface area contributed by atoms with Gasteiger partial charge in [-0.2, -0.15) is 0 Å². The van der Waals surface area contributed by atoms with Gasteiger partial charge in [0.05, 0.1) is 16.8 Å². The predicted octanol–water partition coefficient (Wildman–Crippen LogP) is 5.33. The molecule has 116 valence electrons. The topological polar surface area (TPSA) is 50.2 Å². The number of aromatic carboxylic acids is 1. The second-order valence-electron chi connectivity index (χ2n) is 5.43. The summed E-state index contributed by atoms with van der Waals surface area (Å²) in [5, 5.41) is 12.2. The smallest absolute Gasteiger partial charge is 0.336 e. The highest BCUT2D eigenvalue weighted by atomic mass is 32.1. The van der Waals surface area contributed by atoms with E-state index in [0.717, 1.165) is 11.1 Å². The van der Waals surface area contributed by atoms with Crippen LogP contribution >= 0.6 is 11.3 Å². The van der Waals surface area contributed by atoms with Gasteiger partial charge in [-0.05, 0) is 29.1 Å². The lowest BCUT2D eigenvalue weighted by molar-refractivity contribution is 0.0699. The van der Waals surface area contributed by atoms with Gasteiger partial charge in [0.15, 0.2) is 0 Å². The number of para-hydroxylation sites is 1. The lowest BCUT2D eigenvalue weighted by Crippen LogP contribution is -2.00. The largest absolute Gasteiger partial charge is 0.478 e. The van der Waals surface area contributed by atoms with Crippen LogP contribution < -0.4 is 0 Å². The molecule has 0 radical (unpaired) electrons. The van der Waals surface area contributed by atoms with Gasteiger partial charge in [-0.1, -0.05) is 48.5 Å². The third-order valence-electron chi connectivity index (χ3n) is 3.93. The second kappa shape index (κ2) is 5.91. The molecule has 2 heterocycles. The van der Waals surface area contributed by atoms with Crippen molar-refractivity contribution in [2.45, 2.75) is 0 Å². The molecule has 2 aromatic heterocycles. The van der Waals surface area contributed by atoms with Crippen molar-refractivity contribution in [3.63, 3.8) is 0 Å². The van der Waals surface area contributed by atoms with Crippen LogP contribution in [0.25, 0.3) is 32.6 Å². The molecule has 0 spiro atoms. The minimum absolute atomic E-state index is 0.276. The number of fused-ring (bicyclic) bond motifs is 1. The zero-order valence-electron chi connectivity index (χ0n) is 12.6. The summed E-state index contributed by atoms with van der Waals surface area (Å²) in [5.41, 5.74) is 3.69. The Hall–Kier alpha value is -2.98. The van der Waals surface area contributed by atoms with Gasteiger partial charge < -0.3 is 5.11 Å². The molecular weight excluding hydrogens is 318 g/mol. The van der Waals surface area contributed by atoms with Gasteiger partial charge in [0, 0.05) is 15.8 Å². The first-order valence-electron chi connectivity index (χ1n) is 7.50. The van der Waals surface area contributed by atoms with Gasteiger partial charge >= 0.3 is 5.97 Å². The van der Waals surface area contributed by atoms with Crippen LogP contribution in [0.1, 0.15) is 10.4 Å². The maximum Gasteiger partial charge on any atom is 0.336 e. The molecule has 3 nitrogen and oxygen atoms in total. The molecule has 4 heteroatoms. The lowest BCUT2D eigenvalue weighted by atomic mass is 10.0. The predicted molar refractivity (Wildman–Crippen MR) is 97.5 cm³/mol. The van der Waals surface area contributed by atoms with E-state index >= 15 is 0 Å². The highest BCUT2D eigenvalue weighted by Crippen LogP contribution is 2.29. The molecular formula is C20H13NO2S. The van der Waals surface area contributed by atoms with Gasteiger partial charge in [-0.3, -0.25) is 0 Å².